The molecule has 0 aliphatic heterocycles. The Labute approximate surface area is 161 Å². The summed E-state index contributed by atoms with van der Waals surface area (Å²) in [6, 6.07) is 16.1. The van der Waals surface area contributed by atoms with Gasteiger partial charge in [0.15, 0.2) is 0 Å². The molecule has 2 rings (SSSR count). The number of aliphatic hydroxyl groups is 1. The molecule has 2 N–H and O–H groups in total. The van der Waals surface area contributed by atoms with Gasteiger partial charge >= 0.3 is 0 Å². The molecular formula is C21H27Cl2NO. The lowest BCUT2D eigenvalue weighted by Gasteiger charge is -2.24. The van der Waals surface area contributed by atoms with E-state index in [-0.39, 0.29) is 18.6 Å². The minimum atomic E-state index is 0.127. The standard InChI is InChI=1S/C21H27Cl2NO/c1-15(2)11-21(17-7-9-19(22)10-8-17)24-13-16(14-25)12-18-5-3-4-6-20(18)23/h3-10,15-16,21,24-25H,11-14H2,1-2H3. The first kappa shape index (κ1) is 20.3. The van der Waals surface area contributed by atoms with Gasteiger partial charge < -0.3 is 10.4 Å². The third kappa shape index (κ3) is 6.63. The summed E-state index contributed by atoms with van der Waals surface area (Å²) >= 11 is 12.3. The summed E-state index contributed by atoms with van der Waals surface area (Å²) in [5.41, 5.74) is 2.31. The molecule has 2 atom stereocenters. The lowest BCUT2D eigenvalue weighted by Crippen LogP contribution is -2.31. The second-order valence-electron chi connectivity index (χ2n) is 6.99. The molecule has 4 heteroatoms. The maximum absolute atomic E-state index is 9.78. The number of aliphatic hydroxyl groups excluding tert-OH is 1. The summed E-state index contributed by atoms with van der Waals surface area (Å²) in [7, 11) is 0. The third-order valence-electron chi connectivity index (χ3n) is 4.36. The van der Waals surface area contributed by atoms with Gasteiger partial charge in [0.2, 0.25) is 0 Å². The van der Waals surface area contributed by atoms with E-state index in [1.54, 1.807) is 0 Å². The fourth-order valence-electron chi connectivity index (χ4n) is 2.99. The molecule has 0 aliphatic rings. The Kier molecular flexibility index (Phi) is 8.25. The van der Waals surface area contributed by atoms with E-state index in [2.05, 4.69) is 31.3 Å². The molecular weight excluding hydrogens is 353 g/mol. The summed E-state index contributed by atoms with van der Waals surface area (Å²) < 4.78 is 0. The average molecular weight is 380 g/mol. The molecule has 0 saturated heterocycles. The van der Waals surface area contributed by atoms with E-state index in [0.717, 1.165) is 35.0 Å². The summed E-state index contributed by atoms with van der Waals surface area (Å²) in [6.07, 6.45) is 1.80. The van der Waals surface area contributed by atoms with E-state index in [4.69, 9.17) is 23.2 Å². The van der Waals surface area contributed by atoms with Crippen LogP contribution in [0.2, 0.25) is 10.0 Å². The average Bonchev–Trinajstić information content (AvgIpc) is 2.59. The van der Waals surface area contributed by atoms with Gasteiger partial charge in [-0.3, -0.25) is 0 Å². The van der Waals surface area contributed by atoms with Crippen molar-refractivity contribution in [2.45, 2.75) is 32.7 Å². The van der Waals surface area contributed by atoms with Crippen molar-refractivity contribution in [2.24, 2.45) is 11.8 Å². The number of rotatable bonds is 9. The van der Waals surface area contributed by atoms with E-state index in [9.17, 15) is 5.11 Å². The summed E-state index contributed by atoms with van der Waals surface area (Å²) in [4.78, 5) is 0. The van der Waals surface area contributed by atoms with Gasteiger partial charge in [0.1, 0.15) is 0 Å². The predicted octanol–water partition coefficient (Wildman–Crippen LogP) is 5.52. The molecule has 0 radical (unpaired) electrons. The Hall–Kier alpha value is -1.06. The monoisotopic (exact) mass is 379 g/mol. The van der Waals surface area contributed by atoms with Gasteiger partial charge in [-0.1, -0.05) is 67.4 Å². The smallest absolute Gasteiger partial charge is 0.0474 e. The molecule has 136 valence electrons. The van der Waals surface area contributed by atoms with Gasteiger partial charge in [0.05, 0.1) is 0 Å². The number of nitrogens with one attached hydrogen (secondary N) is 1. The molecule has 2 nitrogen and oxygen atoms in total. The zero-order chi connectivity index (χ0) is 18.2. The van der Waals surface area contributed by atoms with Crippen molar-refractivity contribution in [3.8, 4) is 0 Å². The maximum Gasteiger partial charge on any atom is 0.0474 e. The Morgan fingerprint density at radius 2 is 1.68 bits per heavy atom. The van der Waals surface area contributed by atoms with Gasteiger partial charge in [-0.05, 0) is 54.0 Å². The first-order valence-corrected chi connectivity index (χ1v) is 9.58. The molecule has 0 aliphatic carbocycles. The molecule has 0 spiro atoms. The maximum atomic E-state index is 9.78. The van der Waals surface area contributed by atoms with Crippen LogP contribution in [0.1, 0.15) is 37.4 Å². The van der Waals surface area contributed by atoms with E-state index < -0.39 is 0 Å². The Morgan fingerprint density at radius 1 is 1.00 bits per heavy atom. The molecule has 2 aromatic rings. The summed E-state index contributed by atoms with van der Waals surface area (Å²) in [6.45, 7) is 5.31. The fourth-order valence-corrected chi connectivity index (χ4v) is 3.33. The Bertz CT molecular complexity index is 643. The van der Waals surface area contributed by atoms with E-state index in [1.165, 1.54) is 5.56 Å². The van der Waals surface area contributed by atoms with Gasteiger partial charge in [-0.25, -0.2) is 0 Å². The molecule has 25 heavy (non-hydrogen) atoms. The van der Waals surface area contributed by atoms with Crippen LogP contribution >= 0.6 is 23.2 Å². The minimum absolute atomic E-state index is 0.127. The summed E-state index contributed by atoms with van der Waals surface area (Å²) in [5.74, 6) is 0.700. The minimum Gasteiger partial charge on any atom is -0.396 e. The van der Waals surface area contributed by atoms with Crippen molar-refractivity contribution in [3.05, 3.63) is 69.7 Å². The van der Waals surface area contributed by atoms with Crippen molar-refractivity contribution >= 4 is 23.2 Å². The lowest BCUT2D eigenvalue weighted by atomic mass is 9.95. The van der Waals surface area contributed by atoms with Crippen LogP contribution in [-0.2, 0) is 6.42 Å². The van der Waals surface area contributed by atoms with Crippen LogP contribution in [0.25, 0.3) is 0 Å². The SMILES string of the molecule is CC(C)CC(NCC(CO)Cc1ccccc1Cl)c1ccc(Cl)cc1. The molecule has 2 unspecified atom stereocenters. The largest absolute Gasteiger partial charge is 0.396 e. The number of hydrogen-bond donors (Lipinski definition) is 2. The van der Waals surface area contributed by atoms with E-state index >= 15 is 0 Å². The number of hydrogen-bond acceptors (Lipinski definition) is 2. The van der Waals surface area contributed by atoms with Crippen LogP contribution in [0.15, 0.2) is 48.5 Å². The fraction of sp³-hybridized carbons (Fsp3) is 0.429. The van der Waals surface area contributed by atoms with Crippen LogP contribution < -0.4 is 5.32 Å². The zero-order valence-electron chi connectivity index (χ0n) is 14.9. The van der Waals surface area contributed by atoms with Crippen LogP contribution in [0, 0.1) is 11.8 Å². The highest BCUT2D eigenvalue weighted by atomic mass is 35.5. The molecule has 2 aromatic carbocycles. The highest BCUT2D eigenvalue weighted by molar-refractivity contribution is 6.31. The normalized spacial score (nSPS) is 13.8. The lowest BCUT2D eigenvalue weighted by molar-refractivity contribution is 0.216. The van der Waals surface area contributed by atoms with Crippen molar-refractivity contribution in [3.63, 3.8) is 0 Å². The Balaban J connectivity index is 2.02. The topological polar surface area (TPSA) is 32.3 Å². The highest BCUT2D eigenvalue weighted by Gasteiger charge is 2.17. The van der Waals surface area contributed by atoms with Gasteiger partial charge in [0, 0.05) is 29.2 Å². The van der Waals surface area contributed by atoms with Crippen LogP contribution in [-0.4, -0.2) is 18.3 Å². The highest BCUT2D eigenvalue weighted by Crippen LogP contribution is 2.24. The predicted molar refractivity (Wildman–Crippen MR) is 107 cm³/mol. The quantitative estimate of drug-likeness (QED) is 0.600. The van der Waals surface area contributed by atoms with Gasteiger partial charge in [-0.2, -0.15) is 0 Å². The molecule has 0 heterocycles. The second kappa shape index (κ2) is 10.2. The summed E-state index contributed by atoms with van der Waals surface area (Å²) in [5, 5.41) is 14.9. The van der Waals surface area contributed by atoms with Crippen molar-refractivity contribution in [2.75, 3.05) is 13.2 Å². The van der Waals surface area contributed by atoms with Crippen LogP contribution in [0.5, 0.6) is 0 Å². The first-order valence-electron chi connectivity index (χ1n) is 8.82. The number of halogens is 2. The van der Waals surface area contributed by atoms with E-state index in [0.29, 0.717) is 5.92 Å². The molecule has 0 fully saturated rings. The molecule has 0 saturated carbocycles. The van der Waals surface area contributed by atoms with Gasteiger partial charge in [0.25, 0.3) is 0 Å². The van der Waals surface area contributed by atoms with Crippen LogP contribution in [0.4, 0.5) is 0 Å². The second-order valence-corrected chi connectivity index (χ2v) is 7.83. The number of benzene rings is 2. The third-order valence-corrected chi connectivity index (χ3v) is 4.98. The van der Waals surface area contributed by atoms with Crippen molar-refractivity contribution < 1.29 is 5.11 Å². The Morgan fingerprint density at radius 3 is 2.28 bits per heavy atom. The van der Waals surface area contributed by atoms with Crippen molar-refractivity contribution in [1.29, 1.82) is 0 Å². The van der Waals surface area contributed by atoms with Gasteiger partial charge in [-0.15, -0.1) is 0 Å². The van der Waals surface area contributed by atoms with E-state index in [1.807, 2.05) is 36.4 Å². The first-order chi connectivity index (χ1) is 12.0. The molecule has 0 amide bonds. The van der Waals surface area contributed by atoms with Crippen LogP contribution in [0.3, 0.4) is 0 Å². The molecule has 0 aromatic heterocycles. The van der Waals surface area contributed by atoms with Crippen molar-refractivity contribution in [1.82, 2.24) is 5.32 Å². The molecule has 0 bridgehead atoms. The zero-order valence-corrected chi connectivity index (χ0v) is 16.4.